The summed E-state index contributed by atoms with van der Waals surface area (Å²) in [6, 6.07) is 8.89. The monoisotopic (exact) mass is 246 g/mol. The van der Waals surface area contributed by atoms with Crippen LogP contribution >= 0.6 is 0 Å². The number of rotatable bonds is 5. The zero-order valence-corrected chi connectivity index (χ0v) is 9.98. The second-order valence-electron chi connectivity index (χ2n) is 3.88. The lowest BCUT2D eigenvalue weighted by atomic mass is 10.1. The largest absolute Gasteiger partial charge is 0.480 e. The van der Waals surface area contributed by atoms with Gasteiger partial charge in [-0.2, -0.15) is 5.10 Å². The minimum absolute atomic E-state index is 0.0885. The van der Waals surface area contributed by atoms with Crippen LogP contribution in [-0.4, -0.2) is 34.6 Å². The van der Waals surface area contributed by atoms with Gasteiger partial charge in [0.2, 0.25) is 0 Å². The second-order valence-corrected chi connectivity index (χ2v) is 3.88. The Morgan fingerprint density at radius 2 is 2.11 bits per heavy atom. The van der Waals surface area contributed by atoms with Gasteiger partial charge in [0, 0.05) is 18.9 Å². The van der Waals surface area contributed by atoms with Crippen LogP contribution in [0.1, 0.15) is 6.04 Å². The van der Waals surface area contributed by atoms with Gasteiger partial charge in [0.1, 0.15) is 0 Å². The maximum Gasteiger partial charge on any atom is 0.330 e. The Morgan fingerprint density at radius 3 is 2.72 bits per heavy atom. The molecule has 18 heavy (non-hydrogen) atoms. The topological polar surface area (TPSA) is 64.3 Å². The first kappa shape index (κ1) is 12.3. The van der Waals surface area contributed by atoms with Crippen molar-refractivity contribution in [3.8, 4) is 11.1 Å². The average molecular weight is 246 g/mol. The highest BCUT2D eigenvalue weighted by atomic mass is 16.5. The first-order valence-corrected chi connectivity index (χ1v) is 5.53. The molecule has 1 aromatic carbocycles. The molecule has 0 aliphatic rings. The van der Waals surface area contributed by atoms with Gasteiger partial charge < -0.3 is 9.84 Å². The molecule has 0 saturated heterocycles. The van der Waals surface area contributed by atoms with Crippen LogP contribution in [0.4, 0.5) is 0 Å². The van der Waals surface area contributed by atoms with Gasteiger partial charge in [0.05, 0.1) is 12.8 Å². The summed E-state index contributed by atoms with van der Waals surface area (Å²) in [6.45, 7) is 0.0885. The van der Waals surface area contributed by atoms with E-state index in [9.17, 15) is 4.79 Å². The molecule has 0 radical (unpaired) electrons. The van der Waals surface area contributed by atoms with Gasteiger partial charge in [0.25, 0.3) is 0 Å². The number of carbonyl (C=O) groups is 1. The Labute approximate surface area is 105 Å². The molecule has 1 aromatic heterocycles. The molecule has 0 saturated carbocycles. The molecule has 0 aliphatic heterocycles. The summed E-state index contributed by atoms with van der Waals surface area (Å²) in [7, 11) is 1.47. The molecule has 0 bridgehead atoms. The summed E-state index contributed by atoms with van der Waals surface area (Å²) < 4.78 is 6.30. The molecule has 1 atom stereocenters. The summed E-state index contributed by atoms with van der Waals surface area (Å²) >= 11 is 0. The van der Waals surface area contributed by atoms with Gasteiger partial charge in [-0.15, -0.1) is 0 Å². The van der Waals surface area contributed by atoms with Crippen molar-refractivity contribution in [2.45, 2.75) is 6.04 Å². The highest BCUT2D eigenvalue weighted by Crippen LogP contribution is 2.19. The Kier molecular flexibility index (Phi) is 3.74. The van der Waals surface area contributed by atoms with Crippen molar-refractivity contribution < 1.29 is 14.6 Å². The summed E-state index contributed by atoms with van der Waals surface area (Å²) in [6.07, 6.45) is 3.37. The molecule has 94 valence electrons. The van der Waals surface area contributed by atoms with Crippen molar-refractivity contribution in [3.63, 3.8) is 0 Å². The number of aromatic nitrogens is 2. The third-order valence-electron chi connectivity index (χ3n) is 2.64. The van der Waals surface area contributed by atoms with E-state index < -0.39 is 12.0 Å². The predicted molar refractivity (Wildman–Crippen MR) is 66.2 cm³/mol. The minimum Gasteiger partial charge on any atom is -0.480 e. The molecule has 2 aromatic rings. The zero-order valence-electron chi connectivity index (χ0n) is 9.98. The number of ether oxygens (including phenoxy) is 1. The Hall–Kier alpha value is -2.14. The van der Waals surface area contributed by atoms with Crippen LogP contribution in [0.2, 0.25) is 0 Å². The van der Waals surface area contributed by atoms with Crippen LogP contribution in [0.15, 0.2) is 42.7 Å². The van der Waals surface area contributed by atoms with Crippen molar-refractivity contribution in [1.82, 2.24) is 9.78 Å². The number of benzene rings is 1. The van der Waals surface area contributed by atoms with Crippen LogP contribution in [0.25, 0.3) is 11.1 Å². The van der Waals surface area contributed by atoms with Crippen LogP contribution in [0, 0.1) is 0 Å². The summed E-state index contributed by atoms with van der Waals surface area (Å²) in [4.78, 5) is 11.1. The maximum absolute atomic E-state index is 11.1. The number of hydrogen-bond donors (Lipinski definition) is 1. The maximum atomic E-state index is 11.1. The number of methoxy groups -OCH3 is 1. The van der Waals surface area contributed by atoms with E-state index in [1.165, 1.54) is 11.8 Å². The summed E-state index contributed by atoms with van der Waals surface area (Å²) in [5.74, 6) is -0.959. The van der Waals surface area contributed by atoms with Crippen molar-refractivity contribution in [2.24, 2.45) is 0 Å². The van der Waals surface area contributed by atoms with Crippen LogP contribution < -0.4 is 0 Å². The number of hydrogen-bond acceptors (Lipinski definition) is 3. The van der Waals surface area contributed by atoms with E-state index in [-0.39, 0.29) is 6.61 Å². The van der Waals surface area contributed by atoms with E-state index in [4.69, 9.17) is 9.84 Å². The number of nitrogens with zero attached hydrogens (tertiary/aromatic N) is 2. The molecular weight excluding hydrogens is 232 g/mol. The third kappa shape index (κ3) is 2.57. The summed E-state index contributed by atoms with van der Waals surface area (Å²) in [5.41, 5.74) is 1.89. The molecule has 1 N–H and O–H groups in total. The fourth-order valence-electron chi connectivity index (χ4n) is 1.71. The standard InChI is InChI=1S/C13H14N2O3/c1-18-9-12(13(16)17)15-8-11(7-14-15)10-5-3-2-4-6-10/h2-8,12H,9H2,1H3,(H,16,17). The molecule has 1 heterocycles. The van der Waals surface area contributed by atoms with Crippen LogP contribution in [0.5, 0.6) is 0 Å². The fraction of sp³-hybridized carbons (Fsp3) is 0.231. The molecule has 2 rings (SSSR count). The highest BCUT2D eigenvalue weighted by Gasteiger charge is 2.20. The molecule has 0 amide bonds. The highest BCUT2D eigenvalue weighted by molar-refractivity contribution is 5.72. The van der Waals surface area contributed by atoms with Gasteiger partial charge in [0.15, 0.2) is 6.04 Å². The lowest BCUT2D eigenvalue weighted by Gasteiger charge is -2.11. The predicted octanol–water partition coefficient (Wildman–Crippen LogP) is 1.82. The van der Waals surface area contributed by atoms with Crippen molar-refractivity contribution in [1.29, 1.82) is 0 Å². The quantitative estimate of drug-likeness (QED) is 0.874. The van der Waals surface area contributed by atoms with Gasteiger partial charge in [-0.05, 0) is 5.56 Å². The van der Waals surface area contributed by atoms with Gasteiger partial charge >= 0.3 is 5.97 Å². The summed E-state index contributed by atoms with van der Waals surface area (Å²) in [5, 5.41) is 13.2. The normalized spacial score (nSPS) is 12.3. The molecular formula is C13H14N2O3. The van der Waals surface area contributed by atoms with Gasteiger partial charge in [-0.3, -0.25) is 4.68 Å². The number of aliphatic carboxylic acids is 1. The average Bonchev–Trinajstić information content (AvgIpc) is 2.86. The van der Waals surface area contributed by atoms with E-state index >= 15 is 0 Å². The molecule has 1 unspecified atom stereocenters. The molecule has 5 nitrogen and oxygen atoms in total. The Morgan fingerprint density at radius 1 is 1.39 bits per heavy atom. The van der Waals surface area contributed by atoms with E-state index in [1.807, 2.05) is 30.3 Å². The lowest BCUT2D eigenvalue weighted by molar-refractivity contribution is -0.142. The smallest absolute Gasteiger partial charge is 0.330 e. The first-order valence-electron chi connectivity index (χ1n) is 5.53. The van der Waals surface area contributed by atoms with E-state index in [1.54, 1.807) is 12.4 Å². The minimum atomic E-state index is -0.959. The van der Waals surface area contributed by atoms with Crippen LogP contribution in [-0.2, 0) is 9.53 Å². The first-order chi connectivity index (χ1) is 8.72. The second kappa shape index (κ2) is 5.46. The lowest BCUT2D eigenvalue weighted by Crippen LogP contribution is -2.23. The molecule has 0 aliphatic carbocycles. The molecule has 0 spiro atoms. The van der Waals surface area contributed by atoms with Crippen molar-refractivity contribution in [3.05, 3.63) is 42.7 Å². The number of carboxylic acid groups (broad SMARTS) is 1. The van der Waals surface area contributed by atoms with Gasteiger partial charge in [-0.25, -0.2) is 4.79 Å². The Bertz CT molecular complexity index is 522. The van der Waals surface area contributed by atoms with Crippen molar-refractivity contribution >= 4 is 5.97 Å². The number of carboxylic acids is 1. The SMILES string of the molecule is COCC(C(=O)O)n1cc(-c2ccccc2)cn1. The molecule has 5 heteroatoms. The van der Waals surface area contributed by atoms with E-state index in [0.717, 1.165) is 11.1 Å². The third-order valence-corrected chi connectivity index (χ3v) is 2.64. The van der Waals surface area contributed by atoms with Crippen LogP contribution in [0.3, 0.4) is 0 Å². The zero-order chi connectivity index (χ0) is 13.0. The van der Waals surface area contributed by atoms with E-state index in [2.05, 4.69) is 5.10 Å². The molecule has 0 fully saturated rings. The Balaban J connectivity index is 2.27. The fourth-order valence-corrected chi connectivity index (χ4v) is 1.71. The van der Waals surface area contributed by atoms with E-state index in [0.29, 0.717) is 0 Å². The van der Waals surface area contributed by atoms with Gasteiger partial charge in [-0.1, -0.05) is 30.3 Å². The van der Waals surface area contributed by atoms with Crippen molar-refractivity contribution in [2.75, 3.05) is 13.7 Å².